The third-order valence-corrected chi connectivity index (χ3v) is 4.72. The molecule has 2 aromatic rings. The van der Waals surface area contributed by atoms with Crippen LogP contribution in [0.5, 0.6) is 0 Å². The zero-order chi connectivity index (χ0) is 16.9. The molecule has 0 atom stereocenters. The summed E-state index contributed by atoms with van der Waals surface area (Å²) in [6.45, 7) is 2.17. The van der Waals surface area contributed by atoms with Crippen molar-refractivity contribution < 1.29 is 9.21 Å². The van der Waals surface area contributed by atoms with Crippen LogP contribution in [0.4, 0.5) is 5.82 Å². The van der Waals surface area contributed by atoms with Crippen LogP contribution in [0.25, 0.3) is 0 Å². The number of oxazole rings is 1. The molecule has 1 aliphatic rings. The van der Waals surface area contributed by atoms with E-state index < -0.39 is 0 Å². The minimum atomic E-state index is -0.250. The lowest BCUT2D eigenvalue weighted by Gasteiger charge is -2.33. The van der Waals surface area contributed by atoms with Gasteiger partial charge in [-0.3, -0.25) is 4.79 Å². The lowest BCUT2D eigenvalue weighted by molar-refractivity contribution is 0.0922. The summed E-state index contributed by atoms with van der Waals surface area (Å²) < 4.78 is 5.14. The highest BCUT2D eigenvalue weighted by Crippen LogP contribution is 2.26. The average molecular weight is 328 g/mol. The fourth-order valence-corrected chi connectivity index (χ4v) is 3.30. The Morgan fingerprint density at radius 3 is 2.83 bits per heavy atom. The molecular weight excluding hydrogens is 304 g/mol. The van der Waals surface area contributed by atoms with E-state index in [1.165, 1.54) is 38.5 Å². The molecule has 1 fully saturated rings. The third-order valence-electron chi connectivity index (χ3n) is 4.72. The Hall–Kier alpha value is -2.37. The summed E-state index contributed by atoms with van der Waals surface area (Å²) in [5, 5.41) is 2.90. The predicted octanol–water partition coefficient (Wildman–Crippen LogP) is 3.08. The number of anilines is 1. The molecular formula is C18H24N4O2. The number of rotatable bonds is 5. The SMILES string of the molecule is Cc1ncoc1C(=O)NCc1cccnc1N(C)C1CCCCC1. The molecule has 1 amide bonds. The summed E-state index contributed by atoms with van der Waals surface area (Å²) >= 11 is 0. The van der Waals surface area contributed by atoms with E-state index >= 15 is 0 Å². The molecule has 0 aliphatic heterocycles. The van der Waals surface area contributed by atoms with Crippen molar-refractivity contribution in [2.45, 2.75) is 51.6 Å². The topological polar surface area (TPSA) is 71.3 Å². The highest BCUT2D eigenvalue weighted by Gasteiger charge is 2.21. The molecule has 6 nitrogen and oxygen atoms in total. The van der Waals surface area contributed by atoms with Crippen molar-refractivity contribution in [3.8, 4) is 0 Å². The number of pyridine rings is 1. The number of hydrogen-bond donors (Lipinski definition) is 1. The van der Waals surface area contributed by atoms with Gasteiger partial charge < -0.3 is 14.6 Å². The van der Waals surface area contributed by atoms with Gasteiger partial charge in [0.15, 0.2) is 6.39 Å². The molecule has 0 spiro atoms. The van der Waals surface area contributed by atoms with Gasteiger partial charge in [0.2, 0.25) is 5.76 Å². The van der Waals surface area contributed by atoms with Gasteiger partial charge in [0.05, 0.1) is 5.69 Å². The average Bonchev–Trinajstić information content (AvgIpc) is 3.06. The Morgan fingerprint density at radius 2 is 2.12 bits per heavy atom. The number of aryl methyl sites for hydroxylation is 1. The van der Waals surface area contributed by atoms with Gasteiger partial charge in [-0.25, -0.2) is 9.97 Å². The predicted molar refractivity (Wildman–Crippen MR) is 91.9 cm³/mol. The lowest BCUT2D eigenvalue weighted by Crippen LogP contribution is -2.35. The van der Waals surface area contributed by atoms with Crippen LogP contribution in [-0.2, 0) is 6.54 Å². The number of aromatic nitrogens is 2. The van der Waals surface area contributed by atoms with Gasteiger partial charge in [0.25, 0.3) is 5.91 Å². The van der Waals surface area contributed by atoms with Crippen molar-refractivity contribution in [1.29, 1.82) is 0 Å². The molecule has 128 valence electrons. The molecule has 2 aromatic heterocycles. The maximum Gasteiger partial charge on any atom is 0.289 e. The third kappa shape index (κ3) is 3.58. The Labute approximate surface area is 142 Å². The van der Waals surface area contributed by atoms with Crippen LogP contribution in [0.3, 0.4) is 0 Å². The van der Waals surface area contributed by atoms with Crippen molar-refractivity contribution in [3.05, 3.63) is 41.7 Å². The first-order valence-corrected chi connectivity index (χ1v) is 8.52. The smallest absolute Gasteiger partial charge is 0.289 e. The number of hydrogen-bond acceptors (Lipinski definition) is 5. The number of nitrogens with one attached hydrogen (secondary N) is 1. The summed E-state index contributed by atoms with van der Waals surface area (Å²) in [5.41, 5.74) is 1.61. The molecule has 1 saturated carbocycles. The molecule has 6 heteroatoms. The van der Waals surface area contributed by atoms with Crippen molar-refractivity contribution >= 4 is 11.7 Å². The van der Waals surface area contributed by atoms with Crippen molar-refractivity contribution in [2.24, 2.45) is 0 Å². The van der Waals surface area contributed by atoms with E-state index in [2.05, 4.69) is 27.2 Å². The number of amides is 1. The van der Waals surface area contributed by atoms with Gasteiger partial charge in [-0.1, -0.05) is 25.3 Å². The van der Waals surface area contributed by atoms with E-state index in [-0.39, 0.29) is 11.7 Å². The standard InChI is InChI=1S/C18H24N4O2/c1-13-16(24-12-21-13)18(23)20-11-14-7-6-10-19-17(14)22(2)15-8-4-3-5-9-15/h6-7,10,12,15H,3-5,8-9,11H2,1-2H3,(H,20,23). The van der Waals surface area contributed by atoms with Gasteiger partial charge in [0, 0.05) is 31.4 Å². The zero-order valence-corrected chi connectivity index (χ0v) is 14.3. The number of carbonyl (C=O) groups is 1. The maximum absolute atomic E-state index is 12.2. The van der Waals surface area contributed by atoms with Gasteiger partial charge in [-0.2, -0.15) is 0 Å². The summed E-state index contributed by atoms with van der Waals surface area (Å²) in [4.78, 5) is 23.0. The molecule has 1 N–H and O–H groups in total. The van der Waals surface area contributed by atoms with Crippen LogP contribution in [0, 0.1) is 6.92 Å². The van der Waals surface area contributed by atoms with E-state index in [0.717, 1.165) is 11.4 Å². The maximum atomic E-state index is 12.2. The quantitative estimate of drug-likeness (QED) is 0.913. The monoisotopic (exact) mass is 328 g/mol. The molecule has 1 aliphatic carbocycles. The second-order valence-corrected chi connectivity index (χ2v) is 6.34. The highest BCUT2D eigenvalue weighted by molar-refractivity contribution is 5.92. The summed E-state index contributed by atoms with van der Waals surface area (Å²) in [6, 6.07) is 4.44. The molecule has 0 saturated heterocycles. The van der Waals surface area contributed by atoms with Crippen LogP contribution in [0.15, 0.2) is 29.1 Å². The highest BCUT2D eigenvalue weighted by atomic mass is 16.3. The first-order valence-electron chi connectivity index (χ1n) is 8.52. The van der Waals surface area contributed by atoms with E-state index in [9.17, 15) is 4.79 Å². The molecule has 0 unspecified atom stereocenters. The van der Waals surface area contributed by atoms with Crippen LogP contribution < -0.4 is 10.2 Å². The van der Waals surface area contributed by atoms with Crippen molar-refractivity contribution in [3.63, 3.8) is 0 Å². The number of carbonyl (C=O) groups excluding carboxylic acids is 1. The van der Waals surface area contributed by atoms with Gasteiger partial charge in [-0.15, -0.1) is 0 Å². The van der Waals surface area contributed by atoms with E-state index in [1.807, 2.05) is 12.1 Å². The van der Waals surface area contributed by atoms with Crippen LogP contribution in [-0.4, -0.2) is 29.0 Å². The summed E-state index contributed by atoms with van der Waals surface area (Å²) in [7, 11) is 2.10. The zero-order valence-electron chi connectivity index (χ0n) is 14.3. The first kappa shape index (κ1) is 16.5. The van der Waals surface area contributed by atoms with E-state index in [4.69, 9.17) is 4.42 Å². The Kier molecular flexibility index (Phi) is 5.13. The Bertz CT molecular complexity index is 692. The fourth-order valence-electron chi connectivity index (χ4n) is 3.30. The molecule has 3 rings (SSSR count). The van der Waals surface area contributed by atoms with Crippen LogP contribution in [0.1, 0.15) is 53.9 Å². The molecule has 0 aromatic carbocycles. The van der Waals surface area contributed by atoms with Gasteiger partial charge in [-0.05, 0) is 25.8 Å². The van der Waals surface area contributed by atoms with Gasteiger partial charge >= 0.3 is 0 Å². The van der Waals surface area contributed by atoms with Crippen LogP contribution >= 0.6 is 0 Å². The minimum Gasteiger partial charge on any atom is -0.438 e. The van der Waals surface area contributed by atoms with Gasteiger partial charge in [0.1, 0.15) is 5.82 Å². The minimum absolute atomic E-state index is 0.250. The molecule has 0 radical (unpaired) electrons. The Morgan fingerprint density at radius 1 is 1.33 bits per heavy atom. The summed E-state index contributed by atoms with van der Waals surface area (Å²) in [5.74, 6) is 0.959. The van der Waals surface area contributed by atoms with Crippen molar-refractivity contribution in [2.75, 3.05) is 11.9 Å². The molecule has 24 heavy (non-hydrogen) atoms. The summed E-state index contributed by atoms with van der Waals surface area (Å²) in [6.07, 6.45) is 9.38. The Balaban J connectivity index is 1.70. The van der Waals surface area contributed by atoms with E-state index in [1.54, 1.807) is 13.1 Å². The second kappa shape index (κ2) is 7.47. The largest absolute Gasteiger partial charge is 0.438 e. The lowest BCUT2D eigenvalue weighted by atomic mass is 9.94. The van der Waals surface area contributed by atoms with E-state index in [0.29, 0.717) is 18.3 Å². The second-order valence-electron chi connectivity index (χ2n) is 6.34. The molecule has 0 bridgehead atoms. The number of nitrogens with zero attached hydrogens (tertiary/aromatic N) is 3. The van der Waals surface area contributed by atoms with Crippen molar-refractivity contribution in [1.82, 2.24) is 15.3 Å². The molecule has 2 heterocycles. The first-order chi connectivity index (χ1) is 11.7. The normalized spacial score (nSPS) is 15.2. The van der Waals surface area contributed by atoms with Crippen LogP contribution in [0.2, 0.25) is 0 Å². The fraction of sp³-hybridized carbons (Fsp3) is 0.500.